The molecule has 0 amide bonds. The Kier molecular flexibility index (Phi) is 9.40. The Balaban J connectivity index is 1.23. The van der Waals surface area contributed by atoms with E-state index in [1.165, 1.54) is 0 Å². The Labute approximate surface area is 394 Å². The molecule has 3 aromatic heterocycles. The van der Waals surface area contributed by atoms with Crippen LogP contribution in [0.2, 0.25) is 0 Å². The molecule has 0 aliphatic heterocycles. The van der Waals surface area contributed by atoms with Gasteiger partial charge < -0.3 is 8.98 Å². The summed E-state index contributed by atoms with van der Waals surface area (Å²) in [6.45, 7) is 0. The number of fused-ring (bicyclic) bond motifs is 6. The van der Waals surface area contributed by atoms with E-state index in [0.717, 1.165) is 54.5 Å². The van der Waals surface area contributed by atoms with Gasteiger partial charge in [0.15, 0.2) is 11.4 Å². The molecule has 0 bridgehead atoms. The second-order valence-corrected chi connectivity index (χ2v) is 16.2. The molecular formula is C46H12B15N3O. The van der Waals surface area contributed by atoms with Crippen molar-refractivity contribution in [2.24, 2.45) is 0 Å². The van der Waals surface area contributed by atoms with Crippen LogP contribution in [0.1, 0.15) is 0 Å². The van der Waals surface area contributed by atoms with E-state index in [1.54, 1.807) is 0 Å². The molecule has 30 radical (unpaired) electrons. The fraction of sp³-hybridized carbons (Fsp3) is 0. The van der Waals surface area contributed by atoms with Crippen LogP contribution in [-0.2, 0) is 0 Å². The predicted octanol–water partition coefficient (Wildman–Crippen LogP) is -5.87. The maximum absolute atomic E-state index is 6.68. The molecule has 11 rings (SSSR count). The standard InChI is InChI=1S/C46H12B15N3O/c47-27-25(28(48)32(52)35(55)31(27)51)43-45-42(62-46(63-43)26-29(49)33(53)36(56)34(54)30(26)50)24-14(4-3-9-21(24)65-45)13-10-11-15-16-5-1-7-19-22(16)23-17(18(15)12-13)6-2-8-20(23)64(19)44-40(60)38(58)37(57)39(59)41(44)61/h1-12H. The number of rotatable bonds is 4. The van der Waals surface area contributed by atoms with Gasteiger partial charge in [-0.25, -0.2) is 9.97 Å². The van der Waals surface area contributed by atoms with Crippen molar-refractivity contribution in [2.45, 2.75) is 0 Å². The molecule has 0 spiro atoms. The molecule has 19 heteroatoms. The minimum Gasteiger partial charge on any atom is -0.452 e. The topological polar surface area (TPSA) is 43.9 Å². The summed E-state index contributed by atoms with van der Waals surface area (Å²) in [5.74, 6) is 0.0133. The van der Waals surface area contributed by atoms with Crippen LogP contribution in [0.4, 0.5) is 0 Å². The van der Waals surface area contributed by atoms with Gasteiger partial charge in [0.05, 0.1) is 16.4 Å². The van der Waals surface area contributed by atoms with E-state index in [2.05, 4.69) is 24.3 Å². The van der Waals surface area contributed by atoms with Crippen molar-refractivity contribution < 1.29 is 4.42 Å². The Morgan fingerprint density at radius 3 is 1.43 bits per heavy atom. The molecule has 0 saturated heterocycles. The number of hydrogen-bond donors (Lipinski definition) is 0. The van der Waals surface area contributed by atoms with Crippen LogP contribution in [0, 0.1) is 0 Å². The third-order valence-electron chi connectivity index (χ3n) is 12.8. The van der Waals surface area contributed by atoms with E-state index in [-0.39, 0.29) is 110 Å². The smallest absolute Gasteiger partial charge is 0.180 e. The van der Waals surface area contributed by atoms with Crippen LogP contribution in [-0.4, -0.2) is 132 Å². The highest BCUT2D eigenvalue weighted by Crippen LogP contribution is 2.45. The summed E-state index contributed by atoms with van der Waals surface area (Å²) >= 11 is 0. The second-order valence-electron chi connectivity index (χ2n) is 16.2. The number of hydrogen-bond acceptors (Lipinski definition) is 3. The van der Waals surface area contributed by atoms with Crippen LogP contribution >= 0.6 is 0 Å². The van der Waals surface area contributed by atoms with E-state index >= 15 is 0 Å². The van der Waals surface area contributed by atoms with Crippen LogP contribution in [0.3, 0.4) is 0 Å². The summed E-state index contributed by atoms with van der Waals surface area (Å²) in [6.07, 6.45) is 0. The maximum Gasteiger partial charge on any atom is 0.180 e. The Morgan fingerprint density at radius 1 is 0.400 bits per heavy atom. The van der Waals surface area contributed by atoms with Gasteiger partial charge in [-0.15, -0.1) is 49.2 Å². The van der Waals surface area contributed by atoms with Crippen LogP contribution < -0.4 is 81.9 Å². The highest BCUT2D eigenvalue weighted by Gasteiger charge is 2.27. The first-order chi connectivity index (χ1) is 31.0. The lowest BCUT2D eigenvalue weighted by Crippen LogP contribution is -2.56. The maximum atomic E-state index is 6.68. The van der Waals surface area contributed by atoms with E-state index in [4.69, 9.17) is 132 Å². The first-order valence-corrected chi connectivity index (χ1v) is 20.0. The summed E-state index contributed by atoms with van der Waals surface area (Å²) < 4.78 is 8.64. The van der Waals surface area contributed by atoms with Gasteiger partial charge in [-0.2, -0.15) is 0 Å². The SMILES string of the molecule is [B]c1c([B])c([B])c(-c2nc(-c3c([B])c([B])c([B])c([B])c3[B])c3oc4cccc(-c5ccc6c(c5)c5cccc7c5c5c6cccc5n7-c5c([B])c([B])c([B])c([B])c5[B])c4c3n2)c([B])c1[B]. The lowest BCUT2D eigenvalue weighted by Gasteiger charge is -2.23. The Bertz CT molecular complexity index is 3890. The third kappa shape index (κ3) is 5.60. The molecule has 4 nitrogen and oxygen atoms in total. The van der Waals surface area contributed by atoms with Gasteiger partial charge >= 0.3 is 0 Å². The van der Waals surface area contributed by atoms with Gasteiger partial charge in [0.25, 0.3) is 0 Å². The average molecular weight is 785 g/mol. The van der Waals surface area contributed by atoms with E-state index in [9.17, 15) is 0 Å². The first-order valence-electron chi connectivity index (χ1n) is 20.0. The van der Waals surface area contributed by atoms with Crippen molar-refractivity contribution >= 4 is 265 Å². The van der Waals surface area contributed by atoms with Gasteiger partial charge in [-0.05, 0) is 62.5 Å². The zero-order valence-corrected chi connectivity index (χ0v) is 34.3. The van der Waals surface area contributed by atoms with E-state index in [1.807, 2.05) is 53.1 Å². The number of benzene rings is 8. The third-order valence-corrected chi connectivity index (χ3v) is 12.8. The van der Waals surface area contributed by atoms with Crippen molar-refractivity contribution in [3.63, 3.8) is 0 Å². The quantitative estimate of drug-likeness (QED) is 0.132. The summed E-state index contributed by atoms with van der Waals surface area (Å²) in [7, 11) is 96.8. The molecule has 0 N–H and O–H groups in total. The fourth-order valence-electron chi connectivity index (χ4n) is 9.45. The highest BCUT2D eigenvalue weighted by atomic mass is 16.3. The van der Waals surface area contributed by atoms with Crippen molar-refractivity contribution in [1.29, 1.82) is 0 Å². The lowest BCUT2D eigenvalue weighted by molar-refractivity contribution is 0.667. The monoisotopic (exact) mass is 787 g/mol. The minimum atomic E-state index is 0.00150. The summed E-state index contributed by atoms with van der Waals surface area (Å²) in [4.78, 5) is 9.97. The van der Waals surface area contributed by atoms with Crippen molar-refractivity contribution in [2.75, 3.05) is 0 Å². The highest BCUT2D eigenvalue weighted by molar-refractivity contribution is 6.71. The minimum absolute atomic E-state index is 0.00150. The van der Waals surface area contributed by atoms with Crippen LogP contribution in [0.5, 0.6) is 0 Å². The fourth-order valence-corrected chi connectivity index (χ4v) is 9.45. The molecule has 8 aromatic carbocycles. The van der Waals surface area contributed by atoms with Crippen molar-refractivity contribution in [3.05, 3.63) is 72.8 Å². The van der Waals surface area contributed by atoms with Crippen LogP contribution in [0.25, 0.3) is 105 Å². The molecule has 65 heavy (non-hydrogen) atoms. The normalized spacial score (nSPS) is 12.0. The molecule has 0 atom stereocenters. The van der Waals surface area contributed by atoms with E-state index < -0.39 is 0 Å². The molecule has 0 fully saturated rings. The van der Waals surface area contributed by atoms with Gasteiger partial charge in [0.2, 0.25) is 0 Å². The first kappa shape index (κ1) is 41.9. The zero-order valence-electron chi connectivity index (χ0n) is 34.3. The molecule has 0 unspecified atom stereocenters. The molecular weight excluding hydrogens is 773 g/mol. The summed E-state index contributed by atoms with van der Waals surface area (Å²) in [5.41, 5.74) is 6.14. The largest absolute Gasteiger partial charge is 0.452 e. The molecule has 0 saturated carbocycles. The van der Waals surface area contributed by atoms with Gasteiger partial charge in [0.1, 0.15) is 134 Å². The Hall–Kier alpha value is -5.81. The lowest BCUT2D eigenvalue weighted by atomic mass is 9.60. The van der Waals surface area contributed by atoms with Crippen molar-refractivity contribution in [1.82, 2.24) is 14.5 Å². The van der Waals surface area contributed by atoms with Gasteiger partial charge in [0, 0.05) is 22.0 Å². The number of nitrogens with zero attached hydrogens (tertiary/aromatic N) is 3. The van der Waals surface area contributed by atoms with E-state index in [0.29, 0.717) is 22.2 Å². The average Bonchev–Trinajstić information content (AvgIpc) is 3.86. The molecule has 0 aliphatic rings. The second kappa shape index (κ2) is 14.6. The predicted molar refractivity (Wildman–Crippen MR) is 287 cm³/mol. The Morgan fingerprint density at radius 2 is 0.877 bits per heavy atom. The molecule has 262 valence electrons. The van der Waals surface area contributed by atoms with Gasteiger partial charge in [-0.1, -0.05) is 81.3 Å². The zero-order chi connectivity index (χ0) is 45.8. The van der Waals surface area contributed by atoms with Gasteiger partial charge in [-0.3, -0.25) is 0 Å². The molecule has 3 heterocycles. The summed E-state index contributed by atoms with van der Waals surface area (Å²) in [5, 5.41) is 6.55. The van der Waals surface area contributed by atoms with Crippen molar-refractivity contribution in [3.8, 4) is 39.5 Å². The number of aromatic nitrogens is 3. The summed E-state index contributed by atoms with van der Waals surface area (Å²) in [6, 6.07) is 24.1. The number of furan rings is 1. The molecule has 0 aliphatic carbocycles. The molecule has 11 aromatic rings. The van der Waals surface area contributed by atoms with Crippen LogP contribution in [0.15, 0.2) is 77.2 Å².